The van der Waals surface area contributed by atoms with Crippen LogP contribution in [0, 0.1) is 24.0 Å². The molecule has 0 saturated carbocycles. The molecule has 170 valence electrons. The first-order valence-electron chi connectivity index (χ1n) is 10.3. The number of nitrogens with one attached hydrogen (secondary N) is 3. The molecule has 4 aromatic rings. The quantitative estimate of drug-likeness (QED) is 0.195. The van der Waals surface area contributed by atoms with Gasteiger partial charge in [0.05, 0.1) is 11.1 Å². The van der Waals surface area contributed by atoms with Gasteiger partial charge in [-0.05, 0) is 66.9 Å². The van der Waals surface area contributed by atoms with Crippen LogP contribution in [0.4, 0.5) is 34.9 Å². The maximum Gasteiger partial charge on any atom is 0.269 e. The Morgan fingerprint density at radius 2 is 1.44 bits per heavy atom. The van der Waals surface area contributed by atoms with Crippen molar-refractivity contribution in [1.29, 1.82) is 0 Å². The summed E-state index contributed by atoms with van der Waals surface area (Å²) < 4.78 is 0. The smallest absolute Gasteiger partial charge is 0.269 e. The second-order valence-corrected chi connectivity index (χ2v) is 7.31. The van der Waals surface area contributed by atoms with Crippen molar-refractivity contribution in [3.8, 4) is 0 Å². The van der Waals surface area contributed by atoms with Gasteiger partial charge >= 0.3 is 0 Å². The number of nitro groups is 1. The van der Waals surface area contributed by atoms with E-state index >= 15 is 0 Å². The van der Waals surface area contributed by atoms with E-state index in [1.165, 1.54) is 17.7 Å². The van der Waals surface area contributed by atoms with Crippen LogP contribution in [0.1, 0.15) is 16.7 Å². The van der Waals surface area contributed by atoms with Crippen molar-refractivity contribution in [2.24, 2.45) is 5.10 Å². The summed E-state index contributed by atoms with van der Waals surface area (Å²) in [6.07, 6.45) is 4.95. The topological polar surface area (TPSA) is 143 Å². The van der Waals surface area contributed by atoms with Gasteiger partial charge in [0.25, 0.3) is 5.69 Å². The van der Waals surface area contributed by atoms with Gasteiger partial charge in [0.1, 0.15) is 0 Å². The number of hydrazone groups is 1. The van der Waals surface area contributed by atoms with Gasteiger partial charge in [-0.2, -0.15) is 20.1 Å². The Morgan fingerprint density at radius 1 is 0.824 bits per heavy atom. The number of rotatable bonds is 8. The predicted octanol–water partition coefficient (Wildman–Crippen LogP) is 4.72. The lowest BCUT2D eigenvalue weighted by atomic mass is 10.1. The molecule has 11 heteroatoms. The molecule has 0 aliphatic rings. The molecule has 2 aromatic heterocycles. The Labute approximate surface area is 195 Å². The minimum Gasteiger partial charge on any atom is -0.324 e. The number of nitro benzene ring substituents is 1. The van der Waals surface area contributed by atoms with Gasteiger partial charge in [-0.25, -0.2) is 5.43 Å². The lowest BCUT2D eigenvalue weighted by Crippen LogP contribution is -2.07. The molecule has 0 bridgehead atoms. The maximum atomic E-state index is 10.9. The van der Waals surface area contributed by atoms with Gasteiger partial charge in [-0.1, -0.05) is 6.07 Å². The molecule has 0 amide bonds. The van der Waals surface area contributed by atoms with Crippen LogP contribution in [0.2, 0.25) is 0 Å². The van der Waals surface area contributed by atoms with Gasteiger partial charge in [0.2, 0.25) is 17.8 Å². The molecule has 0 atom stereocenters. The standard InChI is InChI=1S/C23H21N9O2/c1-15-3-4-19(13-16(15)2)27-22-28-21(26-18-5-7-20(8-6-18)32(33)34)29-23(30-22)31-25-14-17-9-11-24-12-10-17/h3-14H,1-2H3,(H3,26,27,28,29,30,31)/b25-14+. The number of hydrogen-bond donors (Lipinski definition) is 3. The summed E-state index contributed by atoms with van der Waals surface area (Å²) >= 11 is 0. The van der Waals surface area contributed by atoms with Crippen molar-refractivity contribution < 1.29 is 4.92 Å². The number of aryl methyl sites for hydroxylation is 2. The van der Waals surface area contributed by atoms with Crippen molar-refractivity contribution in [3.63, 3.8) is 0 Å². The van der Waals surface area contributed by atoms with E-state index in [4.69, 9.17) is 0 Å². The number of nitrogens with zero attached hydrogens (tertiary/aromatic N) is 6. The molecule has 34 heavy (non-hydrogen) atoms. The van der Waals surface area contributed by atoms with Crippen LogP contribution in [-0.4, -0.2) is 31.1 Å². The summed E-state index contributed by atoms with van der Waals surface area (Å²) in [4.78, 5) is 27.6. The Balaban J connectivity index is 1.59. The zero-order chi connectivity index (χ0) is 23.9. The van der Waals surface area contributed by atoms with Crippen molar-refractivity contribution in [2.45, 2.75) is 13.8 Å². The van der Waals surface area contributed by atoms with E-state index in [9.17, 15) is 10.1 Å². The van der Waals surface area contributed by atoms with E-state index in [0.717, 1.165) is 16.8 Å². The van der Waals surface area contributed by atoms with E-state index in [0.29, 0.717) is 11.6 Å². The zero-order valence-electron chi connectivity index (χ0n) is 18.4. The van der Waals surface area contributed by atoms with E-state index < -0.39 is 4.92 Å². The molecule has 0 fully saturated rings. The largest absolute Gasteiger partial charge is 0.324 e. The molecule has 0 unspecified atom stereocenters. The second kappa shape index (κ2) is 10.1. The molecule has 4 rings (SSSR count). The highest BCUT2D eigenvalue weighted by atomic mass is 16.6. The molecule has 0 saturated heterocycles. The molecule has 0 spiro atoms. The SMILES string of the molecule is Cc1ccc(Nc2nc(N/N=C/c3ccncc3)nc(Nc3ccc([N+](=O)[O-])cc3)n2)cc1C. The number of anilines is 5. The minimum absolute atomic E-state index is 0.00824. The molecule has 3 N–H and O–H groups in total. The van der Waals surface area contributed by atoms with Crippen LogP contribution in [0.3, 0.4) is 0 Å². The van der Waals surface area contributed by atoms with Crippen molar-refractivity contribution in [3.05, 3.63) is 93.8 Å². The first-order valence-corrected chi connectivity index (χ1v) is 10.3. The van der Waals surface area contributed by atoms with Gasteiger partial charge in [0, 0.05) is 35.9 Å². The van der Waals surface area contributed by atoms with E-state index in [1.54, 1.807) is 30.7 Å². The third kappa shape index (κ3) is 5.85. The summed E-state index contributed by atoms with van der Waals surface area (Å²) in [5.41, 5.74) is 7.36. The van der Waals surface area contributed by atoms with E-state index in [1.807, 2.05) is 44.2 Å². The van der Waals surface area contributed by atoms with Crippen molar-refractivity contribution in [1.82, 2.24) is 19.9 Å². The third-order valence-corrected chi connectivity index (χ3v) is 4.82. The van der Waals surface area contributed by atoms with Crippen LogP contribution < -0.4 is 16.1 Å². The molecule has 0 aliphatic heterocycles. The Hall–Kier alpha value is -4.93. The average Bonchev–Trinajstić information content (AvgIpc) is 2.82. The first-order chi connectivity index (χ1) is 16.5. The van der Waals surface area contributed by atoms with Crippen molar-refractivity contribution >= 4 is 41.1 Å². The highest BCUT2D eigenvalue weighted by molar-refractivity contribution is 5.79. The van der Waals surface area contributed by atoms with Crippen LogP contribution in [0.5, 0.6) is 0 Å². The van der Waals surface area contributed by atoms with Crippen LogP contribution in [0.15, 0.2) is 72.1 Å². The summed E-state index contributed by atoms with van der Waals surface area (Å²) in [6, 6.07) is 15.5. The maximum absolute atomic E-state index is 10.9. The third-order valence-electron chi connectivity index (χ3n) is 4.82. The summed E-state index contributed by atoms with van der Waals surface area (Å²) in [7, 11) is 0. The first kappa shape index (κ1) is 22.3. The summed E-state index contributed by atoms with van der Waals surface area (Å²) in [6.45, 7) is 4.06. The van der Waals surface area contributed by atoms with E-state index in [-0.39, 0.29) is 17.6 Å². The van der Waals surface area contributed by atoms with Gasteiger partial charge in [-0.3, -0.25) is 15.1 Å². The molecular weight excluding hydrogens is 434 g/mol. The van der Waals surface area contributed by atoms with Gasteiger partial charge in [0.15, 0.2) is 0 Å². The lowest BCUT2D eigenvalue weighted by molar-refractivity contribution is -0.384. The monoisotopic (exact) mass is 455 g/mol. The second-order valence-electron chi connectivity index (χ2n) is 7.31. The van der Waals surface area contributed by atoms with Gasteiger partial charge < -0.3 is 10.6 Å². The fourth-order valence-electron chi connectivity index (χ4n) is 2.90. The Morgan fingerprint density at radius 3 is 2.09 bits per heavy atom. The number of aromatic nitrogens is 4. The molecule has 2 heterocycles. The van der Waals surface area contributed by atoms with Crippen LogP contribution in [0.25, 0.3) is 0 Å². The minimum atomic E-state index is -0.457. The lowest BCUT2D eigenvalue weighted by Gasteiger charge is -2.11. The predicted molar refractivity (Wildman–Crippen MR) is 131 cm³/mol. The number of hydrogen-bond acceptors (Lipinski definition) is 10. The Bertz CT molecular complexity index is 1330. The fourth-order valence-corrected chi connectivity index (χ4v) is 2.90. The normalized spacial score (nSPS) is 10.8. The van der Waals surface area contributed by atoms with Gasteiger partial charge in [-0.15, -0.1) is 0 Å². The Kier molecular flexibility index (Phi) is 6.63. The van der Waals surface area contributed by atoms with Crippen LogP contribution in [-0.2, 0) is 0 Å². The molecular formula is C23H21N9O2. The number of non-ortho nitro benzene ring substituents is 1. The number of benzene rings is 2. The van der Waals surface area contributed by atoms with E-state index in [2.05, 4.69) is 41.1 Å². The molecule has 11 nitrogen and oxygen atoms in total. The molecule has 2 aromatic carbocycles. The number of pyridine rings is 1. The van der Waals surface area contributed by atoms with Crippen LogP contribution >= 0.6 is 0 Å². The highest BCUT2D eigenvalue weighted by Crippen LogP contribution is 2.22. The fraction of sp³-hybridized carbons (Fsp3) is 0.0870. The average molecular weight is 455 g/mol. The summed E-state index contributed by atoms with van der Waals surface area (Å²) in [5, 5.41) is 21.3. The van der Waals surface area contributed by atoms with Crippen molar-refractivity contribution in [2.75, 3.05) is 16.1 Å². The molecule has 0 aliphatic carbocycles. The summed E-state index contributed by atoms with van der Waals surface area (Å²) in [5.74, 6) is 0.733. The molecule has 0 radical (unpaired) electrons. The zero-order valence-corrected chi connectivity index (χ0v) is 18.4. The highest BCUT2D eigenvalue weighted by Gasteiger charge is 2.09.